The molecule has 2 aromatic carbocycles. The molecule has 136 valence electrons. The minimum absolute atomic E-state index is 0.148. The second kappa shape index (κ2) is 8.81. The van der Waals surface area contributed by atoms with Crippen LogP contribution < -0.4 is 10.1 Å². The number of carbonyl (C=O) groups excluding carboxylic acids is 1. The number of nitrogens with zero attached hydrogens (tertiary/aromatic N) is 1. The Labute approximate surface area is 159 Å². The SMILES string of the molecule is C=CCc1cc(C(=O)Nc2ccc(Cc3ccncc3)cc2)ccc1OC. The number of allylic oxidation sites excluding steroid dienone is 1. The molecule has 0 aliphatic heterocycles. The molecule has 1 N–H and O–H groups in total. The predicted molar refractivity (Wildman–Crippen MR) is 108 cm³/mol. The van der Waals surface area contributed by atoms with Crippen LogP contribution in [-0.2, 0) is 12.8 Å². The maximum Gasteiger partial charge on any atom is 0.255 e. The molecule has 0 spiro atoms. The number of hydrogen-bond acceptors (Lipinski definition) is 3. The lowest BCUT2D eigenvalue weighted by Gasteiger charge is -2.10. The summed E-state index contributed by atoms with van der Waals surface area (Å²) in [6.07, 6.45) is 6.86. The van der Waals surface area contributed by atoms with E-state index in [1.54, 1.807) is 31.6 Å². The molecule has 27 heavy (non-hydrogen) atoms. The molecule has 4 nitrogen and oxygen atoms in total. The summed E-state index contributed by atoms with van der Waals surface area (Å²) in [7, 11) is 1.62. The molecule has 1 aromatic heterocycles. The number of rotatable bonds is 7. The van der Waals surface area contributed by atoms with Crippen LogP contribution in [0.25, 0.3) is 0 Å². The van der Waals surface area contributed by atoms with E-state index in [2.05, 4.69) is 16.9 Å². The van der Waals surface area contributed by atoms with Crippen LogP contribution in [0.2, 0.25) is 0 Å². The molecule has 0 aliphatic carbocycles. The van der Waals surface area contributed by atoms with Crippen LogP contribution >= 0.6 is 0 Å². The van der Waals surface area contributed by atoms with Crippen LogP contribution in [-0.4, -0.2) is 18.0 Å². The highest BCUT2D eigenvalue weighted by molar-refractivity contribution is 6.04. The minimum atomic E-state index is -0.148. The Morgan fingerprint density at radius 2 is 1.78 bits per heavy atom. The number of amides is 1. The van der Waals surface area contributed by atoms with Gasteiger partial charge in [0.05, 0.1) is 7.11 Å². The summed E-state index contributed by atoms with van der Waals surface area (Å²) in [4.78, 5) is 16.6. The van der Waals surface area contributed by atoms with Gasteiger partial charge in [-0.25, -0.2) is 0 Å². The average Bonchev–Trinajstić information content (AvgIpc) is 2.70. The van der Waals surface area contributed by atoms with Gasteiger partial charge in [-0.3, -0.25) is 9.78 Å². The second-order valence-corrected chi connectivity index (χ2v) is 6.20. The first kappa shape index (κ1) is 18.4. The fourth-order valence-corrected chi connectivity index (χ4v) is 2.88. The molecule has 1 heterocycles. The molecule has 0 saturated heterocycles. The van der Waals surface area contributed by atoms with E-state index in [-0.39, 0.29) is 5.91 Å². The molecule has 0 radical (unpaired) electrons. The third kappa shape index (κ3) is 4.82. The van der Waals surface area contributed by atoms with Crippen molar-refractivity contribution in [3.05, 3.63) is 102 Å². The van der Waals surface area contributed by atoms with Gasteiger partial charge in [0, 0.05) is 23.6 Å². The number of benzene rings is 2. The highest BCUT2D eigenvalue weighted by Gasteiger charge is 2.10. The molecule has 0 fully saturated rings. The molecule has 0 saturated carbocycles. The van der Waals surface area contributed by atoms with Gasteiger partial charge in [0.1, 0.15) is 5.75 Å². The van der Waals surface area contributed by atoms with Crippen molar-refractivity contribution in [3.8, 4) is 5.75 Å². The Morgan fingerprint density at radius 1 is 1.07 bits per heavy atom. The first-order valence-electron chi connectivity index (χ1n) is 8.76. The summed E-state index contributed by atoms with van der Waals surface area (Å²) in [5.74, 6) is 0.608. The lowest BCUT2D eigenvalue weighted by Crippen LogP contribution is -2.12. The van der Waals surface area contributed by atoms with Crippen LogP contribution in [0.4, 0.5) is 5.69 Å². The first-order chi connectivity index (χ1) is 13.2. The van der Waals surface area contributed by atoms with E-state index in [0.29, 0.717) is 12.0 Å². The number of anilines is 1. The van der Waals surface area contributed by atoms with Crippen LogP contribution in [0.3, 0.4) is 0 Å². The van der Waals surface area contributed by atoms with E-state index < -0.39 is 0 Å². The fraction of sp³-hybridized carbons (Fsp3) is 0.130. The standard InChI is InChI=1S/C23H22N2O2/c1-3-4-19-16-20(7-10-22(19)27-2)23(26)25-21-8-5-17(6-9-21)15-18-11-13-24-14-12-18/h3,5-14,16H,1,4,15H2,2H3,(H,25,26). The summed E-state index contributed by atoms with van der Waals surface area (Å²) in [6.45, 7) is 3.75. The van der Waals surface area contributed by atoms with Crippen molar-refractivity contribution < 1.29 is 9.53 Å². The Hall–Kier alpha value is -3.40. The van der Waals surface area contributed by atoms with Crippen molar-refractivity contribution in [2.75, 3.05) is 12.4 Å². The molecule has 4 heteroatoms. The largest absolute Gasteiger partial charge is 0.496 e. The Bertz CT molecular complexity index is 919. The Balaban J connectivity index is 1.69. The van der Waals surface area contributed by atoms with E-state index in [1.165, 1.54) is 11.1 Å². The molecule has 0 unspecified atom stereocenters. The third-order valence-electron chi connectivity index (χ3n) is 4.28. The normalized spacial score (nSPS) is 10.3. The Morgan fingerprint density at radius 3 is 2.44 bits per heavy atom. The zero-order valence-corrected chi connectivity index (χ0v) is 15.3. The lowest BCUT2D eigenvalue weighted by molar-refractivity contribution is 0.102. The number of ether oxygens (including phenoxy) is 1. The summed E-state index contributed by atoms with van der Waals surface area (Å²) in [6, 6.07) is 17.3. The van der Waals surface area contributed by atoms with Gasteiger partial charge in [-0.1, -0.05) is 18.2 Å². The van der Waals surface area contributed by atoms with Gasteiger partial charge in [-0.2, -0.15) is 0 Å². The highest BCUT2D eigenvalue weighted by atomic mass is 16.5. The number of hydrogen-bond donors (Lipinski definition) is 1. The number of aromatic nitrogens is 1. The molecule has 0 atom stereocenters. The molecule has 3 rings (SSSR count). The predicted octanol–water partition coefficient (Wildman–Crippen LogP) is 4.66. The molecule has 0 aliphatic rings. The summed E-state index contributed by atoms with van der Waals surface area (Å²) in [5, 5.41) is 2.94. The number of nitrogens with one attached hydrogen (secondary N) is 1. The van der Waals surface area contributed by atoms with Gasteiger partial charge >= 0.3 is 0 Å². The maximum atomic E-state index is 12.6. The van der Waals surface area contributed by atoms with Crippen molar-refractivity contribution in [2.24, 2.45) is 0 Å². The van der Waals surface area contributed by atoms with Crippen molar-refractivity contribution in [3.63, 3.8) is 0 Å². The van der Waals surface area contributed by atoms with E-state index in [0.717, 1.165) is 23.4 Å². The number of pyridine rings is 1. The van der Waals surface area contributed by atoms with Crippen LogP contribution in [0.15, 0.2) is 79.6 Å². The topological polar surface area (TPSA) is 51.2 Å². The quantitative estimate of drug-likeness (QED) is 0.625. The molecular weight excluding hydrogens is 336 g/mol. The highest BCUT2D eigenvalue weighted by Crippen LogP contribution is 2.22. The average molecular weight is 358 g/mol. The summed E-state index contributed by atoms with van der Waals surface area (Å²) in [5.41, 5.74) is 4.67. The molecule has 3 aromatic rings. The van der Waals surface area contributed by atoms with Gasteiger partial charge in [-0.05, 0) is 72.0 Å². The first-order valence-corrected chi connectivity index (χ1v) is 8.76. The zero-order chi connectivity index (χ0) is 19.1. The van der Waals surface area contributed by atoms with Crippen molar-refractivity contribution in [2.45, 2.75) is 12.8 Å². The number of carbonyl (C=O) groups is 1. The minimum Gasteiger partial charge on any atom is -0.496 e. The van der Waals surface area contributed by atoms with Gasteiger partial charge in [-0.15, -0.1) is 6.58 Å². The molecular formula is C23H22N2O2. The van der Waals surface area contributed by atoms with Gasteiger partial charge in [0.2, 0.25) is 0 Å². The van der Waals surface area contributed by atoms with Crippen molar-refractivity contribution in [1.82, 2.24) is 4.98 Å². The van der Waals surface area contributed by atoms with Gasteiger partial charge in [0.25, 0.3) is 5.91 Å². The van der Waals surface area contributed by atoms with Gasteiger partial charge < -0.3 is 10.1 Å². The van der Waals surface area contributed by atoms with Crippen molar-refractivity contribution in [1.29, 1.82) is 0 Å². The second-order valence-electron chi connectivity index (χ2n) is 6.20. The number of methoxy groups -OCH3 is 1. The van der Waals surface area contributed by atoms with Crippen LogP contribution in [0, 0.1) is 0 Å². The molecule has 0 bridgehead atoms. The smallest absolute Gasteiger partial charge is 0.255 e. The zero-order valence-electron chi connectivity index (χ0n) is 15.3. The van der Waals surface area contributed by atoms with Crippen LogP contribution in [0.5, 0.6) is 5.75 Å². The summed E-state index contributed by atoms with van der Waals surface area (Å²) < 4.78 is 5.33. The Kier molecular flexibility index (Phi) is 6.00. The van der Waals surface area contributed by atoms with E-state index >= 15 is 0 Å². The van der Waals surface area contributed by atoms with E-state index in [9.17, 15) is 4.79 Å². The van der Waals surface area contributed by atoms with E-state index in [1.807, 2.05) is 48.5 Å². The van der Waals surface area contributed by atoms with Crippen LogP contribution in [0.1, 0.15) is 27.0 Å². The molecule has 1 amide bonds. The monoisotopic (exact) mass is 358 g/mol. The van der Waals surface area contributed by atoms with Crippen molar-refractivity contribution >= 4 is 11.6 Å². The summed E-state index contributed by atoms with van der Waals surface area (Å²) >= 11 is 0. The third-order valence-corrected chi connectivity index (χ3v) is 4.28. The van der Waals surface area contributed by atoms with E-state index in [4.69, 9.17) is 4.74 Å². The van der Waals surface area contributed by atoms with Gasteiger partial charge in [0.15, 0.2) is 0 Å². The fourth-order valence-electron chi connectivity index (χ4n) is 2.88. The maximum absolute atomic E-state index is 12.6. The lowest BCUT2D eigenvalue weighted by atomic mass is 10.0.